The molecule has 0 bridgehead atoms. The highest BCUT2D eigenvalue weighted by atomic mass is 79.9. The largest absolute Gasteiger partial charge is 0.492 e. The summed E-state index contributed by atoms with van der Waals surface area (Å²) in [6.45, 7) is 5.28. The fourth-order valence-corrected chi connectivity index (χ4v) is 2.44. The van der Waals surface area contributed by atoms with E-state index >= 15 is 0 Å². The lowest BCUT2D eigenvalue weighted by Gasteiger charge is -2.10. The number of nitrogens with one attached hydrogen (secondary N) is 1. The van der Waals surface area contributed by atoms with E-state index < -0.39 is 0 Å². The van der Waals surface area contributed by atoms with Gasteiger partial charge in [0.2, 0.25) is 5.91 Å². The second-order valence-electron chi connectivity index (χ2n) is 5.73. The van der Waals surface area contributed by atoms with Gasteiger partial charge >= 0.3 is 0 Å². The Bertz CT molecular complexity index is 638. The van der Waals surface area contributed by atoms with Crippen molar-refractivity contribution in [2.75, 3.05) is 13.2 Å². The minimum atomic E-state index is 0.00635. The zero-order valence-corrected chi connectivity index (χ0v) is 15.1. The molecule has 1 amide bonds. The highest BCUT2D eigenvalue weighted by Gasteiger charge is 2.04. The predicted molar refractivity (Wildman–Crippen MR) is 96.9 cm³/mol. The Morgan fingerprint density at radius 1 is 1.17 bits per heavy atom. The van der Waals surface area contributed by atoms with Gasteiger partial charge in [0, 0.05) is 4.47 Å². The fourth-order valence-electron chi connectivity index (χ4n) is 2.17. The molecule has 1 N–H and O–H groups in total. The molecule has 2 aromatic rings. The lowest BCUT2D eigenvalue weighted by atomic mass is 10.0. The molecule has 0 unspecified atom stereocenters. The third-order valence-electron chi connectivity index (χ3n) is 3.50. The molecule has 122 valence electrons. The first-order valence-electron chi connectivity index (χ1n) is 7.78. The molecule has 0 heterocycles. The number of amides is 1. The number of carbonyl (C=O) groups excluding carboxylic acids is 1. The summed E-state index contributed by atoms with van der Waals surface area (Å²) >= 11 is 3.38. The van der Waals surface area contributed by atoms with Crippen LogP contribution in [0.4, 0.5) is 0 Å². The number of halogens is 1. The van der Waals surface area contributed by atoms with E-state index in [1.165, 1.54) is 5.56 Å². The molecule has 0 fully saturated rings. The fraction of sp³-hybridized carbons (Fsp3) is 0.316. The molecule has 0 radical (unpaired) electrons. The van der Waals surface area contributed by atoms with E-state index in [9.17, 15) is 4.79 Å². The van der Waals surface area contributed by atoms with Crippen LogP contribution in [0.15, 0.2) is 53.0 Å². The van der Waals surface area contributed by atoms with Crippen LogP contribution in [0.3, 0.4) is 0 Å². The van der Waals surface area contributed by atoms with Gasteiger partial charge in [0.05, 0.1) is 13.0 Å². The van der Waals surface area contributed by atoms with E-state index in [0.29, 0.717) is 25.5 Å². The monoisotopic (exact) mass is 375 g/mol. The zero-order valence-electron chi connectivity index (χ0n) is 13.5. The van der Waals surface area contributed by atoms with E-state index in [-0.39, 0.29) is 5.91 Å². The van der Waals surface area contributed by atoms with Crippen molar-refractivity contribution in [3.8, 4) is 5.75 Å². The molecule has 0 aromatic heterocycles. The quantitative estimate of drug-likeness (QED) is 0.732. The van der Waals surface area contributed by atoms with E-state index in [2.05, 4.69) is 41.2 Å². The van der Waals surface area contributed by atoms with Crippen LogP contribution >= 0.6 is 15.9 Å². The number of benzene rings is 2. The summed E-state index contributed by atoms with van der Waals surface area (Å²) in [4.78, 5) is 11.9. The maximum absolute atomic E-state index is 11.9. The van der Waals surface area contributed by atoms with Crippen LogP contribution in [0.25, 0.3) is 0 Å². The lowest BCUT2D eigenvalue weighted by molar-refractivity contribution is -0.120. The van der Waals surface area contributed by atoms with Crippen LogP contribution in [-0.4, -0.2) is 19.1 Å². The van der Waals surface area contributed by atoms with E-state index in [4.69, 9.17) is 4.74 Å². The molecule has 0 saturated heterocycles. The molecule has 0 atom stereocenters. The Morgan fingerprint density at radius 2 is 1.91 bits per heavy atom. The number of ether oxygens (including phenoxy) is 1. The predicted octanol–water partition coefficient (Wildman–Crippen LogP) is 4.31. The van der Waals surface area contributed by atoms with Crippen molar-refractivity contribution in [3.63, 3.8) is 0 Å². The second-order valence-corrected chi connectivity index (χ2v) is 6.64. The van der Waals surface area contributed by atoms with Crippen molar-refractivity contribution >= 4 is 21.8 Å². The second kappa shape index (κ2) is 8.73. The minimum Gasteiger partial charge on any atom is -0.492 e. The maximum Gasteiger partial charge on any atom is 0.224 e. The van der Waals surface area contributed by atoms with Crippen LogP contribution < -0.4 is 10.1 Å². The van der Waals surface area contributed by atoms with E-state index in [1.807, 2.05) is 42.5 Å². The van der Waals surface area contributed by atoms with Gasteiger partial charge in [0.25, 0.3) is 0 Å². The third kappa shape index (κ3) is 6.06. The van der Waals surface area contributed by atoms with Crippen LogP contribution in [0.1, 0.15) is 30.9 Å². The molecular formula is C19H22BrNO2. The Balaban J connectivity index is 1.71. The van der Waals surface area contributed by atoms with Gasteiger partial charge in [-0.25, -0.2) is 0 Å². The SMILES string of the molecule is CC(C)c1cccc(OCCNC(=O)Cc2ccc(Br)cc2)c1. The normalized spacial score (nSPS) is 10.6. The summed E-state index contributed by atoms with van der Waals surface area (Å²) < 4.78 is 6.70. The molecule has 2 aromatic carbocycles. The number of rotatable bonds is 7. The van der Waals surface area contributed by atoms with Gasteiger partial charge < -0.3 is 10.1 Å². The molecule has 0 aliphatic rings. The van der Waals surface area contributed by atoms with Crippen LogP contribution in [0, 0.1) is 0 Å². The standard InChI is InChI=1S/C19H22BrNO2/c1-14(2)16-4-3-5-18(13-16)23-11-10-21-19(22)12-15-6-8-17(20)9-7-15/h3-9,13-14H,10-12H2,1-2H3,(H,21,22). The van der Waals surface area contributed by atoms with Crippen molar-refractivity contribution in [2.24, 2.45) is 0 Å². The van der Waals surface area contributed by atoms with Crippen LogP contribution in [-0.2, 0) is 11.2 Å². The van der Waals surface area contributed by atoms with Crippen LogP contribution in [0.5, 0.6) is 5.75 Å². The highest BCUT2D eigenvalue weighted by Crippen LogP contribution is 2.19. The van der Waals surface area contributed by atoms with Crippen molar-refractivity contribution in [1.82, 2.24) is 5.32 Å². The molecule has 4 heteroatoms. The summed E-state index contributed by atoms with van der Waals surface area (Å²) in [6.07, 6.45) is 0.385. The third-order valence-corrected chi connectivity index (χ3v) is 4.02. The molecule has 23 heavy (non-hydrogen) atoms. The van der Waals surface area contributed by atoms with Gasteiger partial charge in [-0.05, 0) is 41.3 Å². The maximum atomic E-state index is 11.9. The Hall–Kier alpha value is -1.81. The molecule has 0 aliphatic heterocycles. The smallest absolute Gasteiger partial charge is 0.224 e. The molecule has 0 spiro atoms. The summed E-state index contributed by atoms with van der Waals surface area (Å²) in [5, 5.41) is 2.88. The topological polar surface area (TPSA) is 38.3 Å². The molecule has 2 rings (SSSR count). The van der Waals surface area contributed by atoms with Gasteiger partial charge in [-0.2, -0.15) is 0 Å². The number of hydrogen-bond acceptors (Lipinski definition) is 2. The van der Waals surface area contributed by atoms with Gasteiger partial charge in [0.1, 0.15) is 12.4 Å². The summed E-state index contributed by atoms with van der Waals surface area (Å²) in [6, 6.07) is 15.8. The Kier molecular flexibility index (Phi) is 6.66. The lowest BCUT2D eigenvalue weighted by Crippen LogP contribution is -2.29. The van der Waals surface area contributed by atoms with Crippen molar-refractivity contribution in [2.45, 2.75) is 26.2 Å². The average molecular weight is 376 g/mol. The van der Waals surface area contributed by atoms with Crippen LogP contribution in [0.2, 0.25) is 0 Å². The Labute approximate surface area is 146 Å². The van der Waals surface area contributed by atoms with Gasteiger partial charge in [-0.3, -0.25) is 4.79 Å². The van der Waals surface area contributed by atoms with Gasteiger partial charge in [-0.1, -0.05) is 54.0 Å². The van der Waals surface area contributed by atoms with Gasteiger partial charge in [0.15, 0.2) is 0 Å². The summed E-state index contributed by atoms with van der Waals surface area (Å²) in [7, 11) is 0. The summed E-state index contributed by atoms with van der Waals surface area (Å²) in [5.41, 5.74) is 2.25. The first-order valence-corrected chi connectivity index (χ1v) is 8.58. The Morgan fingerprint density at radius 3 is 2.61 bits per heavy atom. The van der Waals surface area contributed by atoms with E-state index in [0.717, 1.165) is 15.8 Å². The van der Waals surface area contributed by atoms with E-state index in [1.54, 1.807) is 0 Å². The average Bonchev–Trinajstić information content (AvgIpc) is 2.54. The molecule has 0 aliphatic carbocycles. The van der Waals surface area contributed by atoms with Gasteiger partial charge in [-0.15, -0.1) is 0 Å². The molecule has 3 nitrogen and oxygen atoms in total. The first-order chi connectivity index (χ1) is 11.0. The van der Waals surface area contributed by atoms with Crippen molar-refractivity contribution < 1.29 is 9.53 Å². The van der Waals surface area contributed by atoms with Crippen molar-refractivity contribution in [3.05, 3.63) is 64.1 Å². The first kappa shape index (κ1) is 17.5. The number of carbonyl (C=O) groups is 1. The number of hydrogen-bond donors (Lipinski definition) is 1. The van der Waals surface area contributed by atoms with Crippen molar-refractivity contribution in [1.29, 1.82) is 0 Å². The minimum absolute atomic E-state index is 0.00635. The highest BCUT2D eigenvalue weighted by molar-refractivity contribution is 9.10. The summed E-state index contributed by atoms with van der Waals surface area (Å²) in [5.74, 6) is 1.33. The molecule has 0 saturated carbocycles. The zero-order chi connectivity index (χ0) is 16.7. The molecular weight excluding hydrogens is 354 g/mol.